The summed E-state index contributed by atoms with van der Waals surface area (Å²) in [5.74, 6) is 1.40. The summed E-state index contributed by atoms with van der Waals surface area (Å²) in [5.41, 5.74) is 31.7. The van der Waals surface area contributed by atoms with Gasteiger partial charge in [-0.1, -0.05) is 110 Å². The number of fused-ring (bicyclic) bond motifs is 1. The van der Waals surface area contributed by atoms with Crippen molar-refractivity contribution in [1.82, 2.24) is 9.97 Å². The summed E-state index contributed by atoms with van der Waals surface area (Å²) in [6, 6.07) is 22.2. The van der Waals surface area contributed by atoms with Crippen LogP contribution in [0.25, 0.3) is 32.9 Å². The highest BCUT2D eigenvalue weighted by atomic mass is 32.2. The molecule has 0 saturated carbocycles. The highest BCUT2D eigenvalue weighted by Gasteiger charge is 2.16. The molecule has 5 heteroatoms. The summed E-state index contributed by atoms with van der Waals surface area (Å²) in [5, 5.41) is 0.978. The second-order valence-electron chi connectivity index (χ2n) is 8.15. The molecule has 0 fully saturated rings. The molecule has 0 aliphatic carbocycles. The fourth-order valence-corrected chi connectivity index (χ4v) is 5.82. The Morgan fingerprint density at radius 3 is 1.64 bits per heavy atom. The minimum atomic E-state index is -0.981. The molecule has 3 nitrogen and oxygen atoms in total. The van der Waals surface area contributed by atoms with Crippen LogP contribution in [-0.4, -0.2) is 19.9 Å². The average molecular weight is 621 g/mol. The van der Waals surface area contributed by atoms with E-state index in [0.29, 0.717) is 11.6 Å². The van der Waals surface area contributed by atoms with Gasteiger partial charge in [0.05, 0.1) is 20.7 Å². The number of hydrogen-bond donors (Lipinski definition) is 0. The van der Waals surface area contributed by atoms with Gasteiger partial charge in [-0.2, -0.15) is 0 Å². The second-order valence-corrected chi connectivity index (χ2v) is 11.0. The van der Waals surface area contributed by atoms with E-state index in [2.05, 4.69) is 127 Å². The Bertz CT molecular complexity index is 1980. The van der Waals surface area contributed by atoms with E-state index in [4.69, 9.17) is 9.97 Å². The fourth-order valence-electron chi connectivity index (χ4n) is 3.19. The van der Waals surface area contributed by atoms with Crippen LogP contribution in [0.1, 0.15) is 19.8 Å². The summed E-state index contributed by atoms with van der Waals surface area (Å²) in [6.07, 6.45) is 2.01. The van der Waals surface area contributed by atoms with Crippen molar-refractivity contribution in [2.45, 2.75) is 24.0 Å². The maximum absolute atomic E-state index is 12.6. The van der Waals surface area contributed by atoms with Crippen molar-refractivity contribution in [3.8, 4) is 22.6 Å². The minimum absolute atomic E-state index is 0.697. The first kappa shape index (κ1) is 37.2. The smallest absolute Gasteiger partial charge is 0.161 e. The summed E-state index contributed by atoms with van der Waals surface area (Å²) >= 11 is 1.52. The van der Waals surface area contributed by atoms with Crippen LogP contribution in [0.5, 0.6) is 0 Å². The van der Waals surface area contributed by atoms with E-state index in [1.807, 2.05) is 54.6 Å². The first-order chi connectivity index (χ1) is 22.0. The van der Waals surface area contributed by atoms with Crippen molar-refractivity contribution in [2.75, 3.05) is 5.75 Å². The van der Waals surface area contributed by atoms with Gasteiger partial charge in [0.1, 0.15) is 4.83 Å². The lowest BCUT2D eigenvalue weighted by molar-refractivity contribution is 0.681. The highest BCUT2D eigenvalue weighted by Crippen LogP contribution is 2.35. The zero-order valence-corrected chi connectivity index (χ0v) is 27.0. The Morgan fingerprint density at radius 1 is 0.689 bits per heavy atom. The molecule has 0 aliphatic rings. The van der Waals surface area contributed by atoms with E-state index >= 15 is 0 Å². The van der Waals surface area contributed by atoms with Crippen LogP contribution in [-0.2, 0) is 10.8 Å². The van der Waals surface area contributed by atoms with Gasteiger partial charge < -0.3 is 0 Å². The van der Waals surface area contributed by atoms with E-state index in [-0.39, 0.29) is 0 Å². The fraction of sp³-hybridized carbons (Fsp3) is 0.100. The highest BCUT2D eigenvalue weighted by molar-refractivity contribution is 7.87. The standard InChI is InChI=1S/C22H20N2OS2.C9H4.C6H4.C3H4/c1-2-3-14-27(25)19-15-18-20(16-10-6-4-7-11-16)23-21(24-22(18)26-19)17-12-8-5-9-13-17;1-3-5-7-9-8-6-4-2;1-3-5-6-4-2;1-3-2/h4-13,15H,2-3,14H2,1H3;1-2H2;1-2H2;1-2H2. The number of thiophene rings is 1. The molecule has 0 amide bonds. The maximum atomic E-state index is 12.6. The third-order valence-corrected chi connectivity index (χ3v) is 7.88. The molecule has 1 atom stereocenters. The monoisotopic (exact) mass is 620 g/mol. The Hall–Kier alpha value is -5.79. The zero-order valence-electron chi connectivity index (χ0n) is 25.3. The number of aromatic nitrogens is 2. The summed E-state index contributed by atoms with van der Waals surface area (Å²) in [7, 11) is -0.981. The number of rotatable bonds is 6. The molecular weight excluding hydrogens is 589 g/mol. The van der Waals surface area contributed by atoms with Crippen LogP contribution >= 0.6 is 11.3 Å². The maximum Gasteiger partial charge on any atom is 0.161 e. The Kier molecular flexibility index (Phi) is 19.6. The molecule has 2 heterocycles. The normalized spacial score (nSPS) is 8.73. The van der Waals surface area contributed by atoms with Crippen molar-refractivity contribution in [1.29, 1.82) is 0 Å². The van der Waals surface area contributed by atoms with Crippen molar-refractivity contribution in [3.63, 3.8) is 0 Å². The minimum Gasteiger partial charge on any atom is -0.254 e. The molecular formula is C40H32N2OS2. The quantitative estimate of drug-likeness (QED) is 0.202. The van der Waals surface area contributed by atoms with Crippen LogP contribution < -0.4 is 0 Å². The third kappa shape index (κ3) is 14.3. The average Bonchev–Trinajstić information content (AvgIpc) is 3.52. The summed E-state index contributed by atoms with van der Waals surface area (Å²) < 4.78 is 13.5. The van der Waals surface area contributed by atoms with Crippen LogP contribution in [0.2, 0.25) is 0 Å². The van der Waals surface area contributed by atoms with Crippen molar-refractivity contribution >= 4 is 32.4 Å². The van der Waals surface area contributed by atoms with Gasteiger partial charge in [0.2, 0.25) is 0 Å². The predicted molar refractivity (Wildman–Crippen MR) is 190 cm³/mol. The Labute approximate surface area is 272 Å². The molecule has 2 aromatic carbocycles. The SMILES string of the molecule is C=C=C.C=C=C=C=C=C.C=C=C=C=C=C=C=C=C.CCCCS(=O)c1cc2c(-c3ccccc3)nc(-c3ccccc3)nc2s1. The van der Waals surface area contributed by atoms with Gasteiger partial charge >= 0.3 is 0 Å². The van der Waals surface area contributed by atoms with Gasteiger partial charge in [0.25, 0.3) is 0 Å². The molecule has 0 saturated heterocycles. The molecule has 0 radical (unpaired) electrons. The van der Waals surface area contributed by atoms with Crippen molar-refractivity contribution in [3.05, 3.63) is 175 Å². The first-order valence-corrected chi connectivity index (χ1v) is 15.6. The van der Waals surface area contributed by atoms with Gasteiger partial charge in [-0.15, -0.1) is 17.1 Å². The molecule has 45 heavy (non-hydrogen) atoms. The van der Waals surface area contributed by atoms with Crippen LogP contribution in [0.3, 0.4) is 0 Å². The molecule has 1 unspecified atom stereocenters. The molecule has 0 spiro atoms. The Balaban J connectivity index is 0.000000465. The zero-order chi connectivity index (χ0) is 33.1. The van der Waals surface area contributed by atoms with E-state index in [1.54, 1.807) is 0 Å². The first-order valence-electron chi connectivity index (χ1n) is 13.4. The van der Waals surface area contributed by atoms with Gasteiger partial charge in [-0.3, -0.25) is 4.21 Å². The van der Waals surface area contributed by atoms with Crippen LogP contribution in [0, 0.1) is 0 Å². The third-order valence-electron chi connectivity index (χ3n) is 5.02. The van der Waals surface area contributed by atoms with E-state index < -0.39 is 10.8 Å². The molecule has 0 bridgehead atoms. The lowest BCUT2D eigenvalue weighted by Crippen LogP contribution is -1.94. The molecule has 0 aliphatic heterocycles. The van der Waals surface area contributed by atoms with Crippen LogP contribution in [0.15, 0.2) is 179 Å². The Morgan fingerprint density at radius 2 is 1.16 bits per heavy atom. The number of nitrogens with zero attached hydrogens (tertiary/aromatic N) is 2. The van der Waals surface area contributed by atoms with Crippen LogP contribution in [0.4, 0.5) is 0 Å². The predicted octanol–water partition coefficient (Wildman–Crippen LogP) is 10.2. The van der Waals surface area contributed by atoms with Gasteiger partial charge in [-0.25, -0.2) is 9.97 Å². The van der Waals surface area contributed by atoms with Crippen molar-refractivity contribution in [2.24, 2.45) is 0 Å². The van der Waals surface area contributed by atoms with Gasteiger partial charge in [0, 0.05) is 22.3 Å². The largest absolute Gasteiger partial charge is 0.254 e. The molecule has 4 aromatic rings. The number of benzene rings is 2. The second kappa shape index (κ2) is 23.7. The number of unbranched alkanes of at least 4 members (excludes halogenated alkanes) is 1. The molecule has 2 aromatic heterocycles. The number of hydrogen-bond acceptors (Lipinski definition) is 4. The molecule has 220 valence electrons. The van der Waals surface area contributed by atoms with E-state index in [1.165, 1.54) is 11.3 Å². The van der Waals surface area contributed by atoms with E-state index in [9.17, 15) is 4.21 Å². The summed E-state index contributed by atoms with van der Waals surface area (Å²) in [4.78, 5) is 10.6. The van der Waals surface area contributed by atoms with Gasteiger partial charge in [-0.05, 0) is 78.9 Å². The topological polar surface area (TPSA) is 42.9 Å². The lowest BCUT2D eigenvalue weighted by atomic mass is 10.1. The summed E-state index contributed by atoms with van der Waals surface area (Å²) in [6.45, 7) is 21.4. The lowest BCUT2D eigenvalue weighted by Gasteiger charge is -2.06. The van der Waals surface area contributed by atoms with Gasteiger partial charge in [0.15, 0.2) is 5.82 Å². The van der Waals surface area contributed by atoms with E-state index in [0.717, 1.165) is 44.1 Å². The molecule has 4 rings (SSSR count). The molecule has 0 N–H and O–H groups in total. The van der Waals surface area contributed by atoms with Crippen molar-refractivity contribution < 1.29 is 4.21 Å².